The number of sulfonamides is 1. The van der Waals surface area contributed by atoms with Crippen LogP contribution in [0.3, 0.4) is 0 Å². The standard InChI is InChI=1S/C25H31N3O7S/c1-33-23-8-7-20(36(31,32)28-12-16-35-17-13-28)18-19(23)6-9-24(29)26-22-5-3-2-4-21(22)25(30)27-10-14-34-15-11-27/h2-5,7-8,18H,6,9-17H2,1H3,(H,26,29). The van der Waals surface area contributed by atoms with Gasteiger partial charge in [-0.05, 0) is 42.3 Å². The molecule has 10 nitrogen and oxygen atoms in total. The largest absolute Gasteiger partial charge is 0.496 e. The van der Waals surface area contributed by atoms with Crippen molar-refractivity contribution >= 4 is 27.5 Å². The molecule has 0 spiro atoms. The second kappa shape index (κ2) is 11.8. The Labute approximate surface area is 211 Å². The van der Waals surface area contributed by atoms with Gasteiger partial charge in [0, 0.05) is 32.6 Å². The van der Waals surface area contributed by atoms with E-state index in [1.54, 1.807) is 41.3 Å². The first kappa shape index (κ1) is 26.1. The molecule has 194 valence electrons. The lowest BCUT2D eigenvalue weighted by atomic mass is 10.1. The number of para-hydroxylation sites is 1. The van der Waals surface area contributed by atoms with E-state index in [2.05, 4.69) is 5.32 Å². The van der Waals surface area contributed by atoms with Crippen LogP contribution < -0.4 is 10.1 Å². The van der Waals surface area contributed by atoms with Gasteiger partial charge in [-0.15, -0.1) is 0 Å². The molecule has 0 saturated carbocycles. The van der Waals surface area contributed by atoms with Gasteiger partial charge in [-0.3, -0.25) is 9.59 Å². The summed E-state index contributed by atoms with van der Waals surface area (Å²) in [4.78, 5) is 27.7. The van der Waals surface area contributed by atoms with Gasteiger partial charge in [-0.2, -0.15) is 4.31 Å². The number of methoxy groups -OCH3 is 1. The fourth-order valence-electron chi connectivity index (χ4n) is 4.22. The summed E-state index contributed by atoms with van der Waals surface area (Å²) < 4.78 is 43.5. The molecule has 2 aliphatic rings. The summed E-state index contributed by atoms with van der Waals surface area (Å²) in [7, 11) is -2.17. The van der Waals surface area contributed by atoms with Gasteiger partial charge in [-0.25, -0.2) is 8.42 Å². The molecule has 2 aromatic rings. The van der Waals surface area contributed by atoms with Gasteiger partial charge in [-0.1, -0.05) is 12.1 Å². The number of aryl methyl sites for hydroxylation is 1. The number of carbonyl (C=O) groups is 2. The third-order valence-corrected chi connectivity index (χ3v) is 8.11. The van der Waals surface area contributed by atoms with E-state index < -0.39 is 10.0 Å². The zero-order valence-corrected chi connectivity index (χ0v) is 21.1. The maximum absolute atomic E-state index is 13.1. The van der Waals surface area contributed by atoms with Crippen LogP contribution in [0.4, 0.5) is 5.69 Å². The molecular weight excluding hydrogens is 486 g/mol. The van der Waals surface area contributed by atoms with Gasteiger partial charge in [0.25, 0.3) is 5.91 Å². The van der Waals surface area contributed by atoms with Crippen molar-refractivity contribution < 1.29 is 32.2 Å². The molecule has 0 aromatic heterocycles. The number of nitrogens with zero attached hydrogens (tertiary/aromatic N) is 2. The molecule has 0 radical (unpaired) electrons. The Morgan fingerprint density at radius 1 is 0.972 bits per heavy atom. The molecule has 1 N–H and O–H groups in total. The van der Waals surface area contributed by atoms with E-state index in [0.717, 1.165) is 0 Å². The number of rotatable bonds is 8. The molecule has 2 heterocycles. The van der Waals surface area contributed by atoms with Gasteiger partial charge < -0.3 is 24.4 Å². The third kappa shape index (κ3) is 6.04. The summed E-state index contributed by atoms with van der Waals surface area (Å²) in [6, 6.07) is 11.6. The monoisotopic (exact) mass is 517 g/mol. The molecule has 2 aromatic carbocycles. The lowest BCUT2D eigenvalue weighted by Crippen LogP contribution is -2.41. The fraction of sp³-hybridized carbons (Fsp3) is 0.440. The van der Waals surface area contributed by atoms with Gasteiger partial charge in [0.1, 0.15) is 5.75 Å². The van der Waals surface area contributed by atoms with Crippen molar-refractivity contribution in [3.63, 3.8) is 0 Å². The Hall–Kier alpha value is -2.99. The van der Waals surface area contributed by atoms with Crippen molar-refractivity contribution in [3.8, 4) is 5.75 Å². The van der Waals surface area contributed by atoms with Crippen molar-refractivity contribution in [1.29, 1.82) is 0 Å². The van der Waals surface area contributed by atoms with Crippen LogP contribution >= 0.6 is 0 Å². The van der Waals surface area contributed by atoms with Gasteiger partial charge >= 0.3 is 0 Å². The van der Waals surface area contributed by atoms with Crippen LogP contribution in [-0.2, 0) is 30.7 Å². The third-order valence-electron chi connectivity index (χ3n) is 6.21. The Kier molecular flexibility index (Phi) is 8.57. The number of morpholine rings is 2. The SMILES string of the molecule is COc1ccc(S(=O)(=O)N2CCOCC2)cc1CCC(=O)Nc1ccccc1C(=O)N1CCOCC1. The summed E-state index contributed by atoms with van der Waals surface area (Å²) in [6.07, 6.45) is 0.346. The molecular formula is C25H31N3O7S. The number of benzene rings is 2. The number of anilines is 1. The second-order valence-electron chi connectivity index (χ2n) is 8.49. The quantitative estimate of drug-likeness (QED) is 0.568. The smallest absolute Gasteiger partial charge is 0.256 e. The van der Waals surface area contributed by atoms with E-state index in [9.17, 15) is 18.0 Å². The Balaban J connectivity index is 1.45. The second-order valence-corrected chi connectivity index (χ2v) is 10.4. The average molecular weight is 518 g/mol. The predicted octanol–water partition coefficient (Wildman–Crippen LogP) is 1.76. The van der Waals surface area contributed by atoms with E-state index in [0.29, 0.717) is 75.2 Å². The highest BCUT2D eigenvalue weighted by atomic mass is 32.2. The molecule has 2 saturated heterocycles. The molecule has 0 aliphatic carbocycles. The lowest BCUT2D eigenvalue weighted by molar-refractivity contribution is -0.116. The fourth-order valence-corrected chi connectivity index (χ4v) is 5.68. The molecule has 2 aliphatic heterocycles. The molecule has 2 amide bonds. The maximum atomic E-state index is 13.1. The minimum atomic E-state index is -3.68. The van der Waals surface area contributed by atoms with Crippen molar-refractivity contribution in [1.82, 2.24) is 9.21 Å². The summed E-state index contributed by atoms with van der Waals surface area (Å²) in [5.41, 5.74) is 1.47. The van der Waals surface area contributed by atoms with Crippen LogP contribution in [0.15, 0.2) is 47.4 Å². The summed E-state index contributed by atoms with van der Waals surface area (Å²) in [6.45, 7) is 3.30. The number of nitrogens with one attached hydrogen (secondary N) is 1. The van der Waals surface area contributed by atoms with Gasteiger partial charge in [0.05, 0.1) is 49.7 Å². The molecule has 11 heteroatoms. The first-order chi connectivity index (χ1) is 17.4. The topological polar surface area (TPSA) is 114 Å². The summed E-state index contributed by atoms with van der Waals surface area (Å²) in [5.74, 6) is 0.0595. The van der Waals surface area contributed by atoms with Crippen LogP contribution in [0.2, 0.25) is 0 Å². The van der Waals surface area contributed by atoms with Crippen LogP contribution in [0.1, 0.15) is 22.3 Å². The first-order valence-electron chi connectivity index (χ1n) is 11.9. The molecule has 4 rings (SSSR count). The van der Waals surface area contributed by atoms with Crippen molar-refractivity contribution in [2.75, 3.05) is 65.0 Å². The highest BCUT2D eigenvalue weighted by molar-refractivity contribution is 7.89. The van der Waals surface area contributed by atoms with Crippen molar-refractivity contribution in [3.05, 3.63) is 53.6 Å². The Morgan fingerprint density at radius 2 is 1.64 bits per heavy atom. The van der Waals surface area contributed by atoms with Crippen LogP contribution in [-0.4, -0.2) is 89.2 Å². The van der Waals surface area contributed by atoms with E-state index in [1.807, 2.05) is 0 Å². The highest BCUT2D eigenvalue weighted by Crippen LogP contribution is 2.26. The van der Waals surface area contributed by atoms with Crippen LogP contribution in [0.5, 0.6) is 5.75 Å². The molecule has 2 fully saturated rings. The average Bonchev–Trinajstić information content (AvgIpc) is 2.92. The Bertz CT molecular complexity index is 1190. The molecule has 36 heavy (non-hydrogen) atoms. The van der Waals surface area contributed by atoms with Crippen LogP contribution in [0.25, 0.3) is 0 Å². The van der Waals surface area contributed by atoms with E-state index >= 15 is 0 Å². The number of amides is 2. The number of hydrogen-bond donors (Lipinski definition) is 1. The summed E-state index contributed by atoms with van der Waals surface area (Å²) >= 11 is 0. The number of hydrogen-bond acceptors (Lipinski definition) is 7. The maximum Gasteiger partial charge on any atom is 0.256 e. The van der Waals surface area contributed by atoms with E-state index in [1.165, 1.54) is 17.5 Å². The van der Waals surface area contributed by atoms with Crippen LogP contribution in [0, 0.1) is 0 Å². The minimum absolute atomic E-state index is 0.0808. The lowest BCUT2D eigenvalue weighted by Gasteiger charge is -2.27. The van der Waals surface area contributed by atoms with Gasteiger partial charge in [0.15, 0.2) is 0 Å². The minimum Gasteiger partial charge on any atom is -0.496 e. The Morgan fingerprint density at radius 3 is 2.33 bits per heavy atom. The summed E-state index contributed by atoms with van der Waals surface area (Å²) in [5, 5.41) is 2.84. The molecule has 0 atom stereocenters. The van der Waals surface area contributed by atoms with Crippen molar-refractivity contribution in [2.45, 2.75) is 17.7 Å². The molecule has 0 bridgehead atoms. The number of carbonyl (C=O) groups excluding carboxylic acids is 2. The van der Waals surface area contributed by atoms with Gasteiger partial charge in [0.2, 0.25) is 15.9 Å². The highest BCUT2D eigenvalue weighted by Gasteiger charge is 2.27. The zero-order chi connectivity index (χ0) is 25.5. The molecule has 0 unspecified atom stereocenters. The van der Waals surface area contributed by atoms with E-state index in [-0.39, 0.29) is 29.6 Å². The van der Waals surface area contributed by atoms with Crippen molar-refractivity contribution in [2.24, 2.45) is 0 Å². The normalized spacial score (nSPS) is 17.0. The zero-order valence-electron chi connectivity index (χ0n) is 20.3. The first-order valence-corrected chi connectivity index (χ1v) is 13.3. The van der Waals surface area contributed by atoms with E-state index in [4.69, 9.17) is 14.2 Å². The number of ether oxygens (including phenoxy) is 3. The predicted molar refractivity (Wildman–Crippen MR) is 133 cm³/mol.